The molecule has 0 saturated carbocycles. The van der Waals surface area contributed by atoms with Gasteiger partial charge in [-0.2, -0.15) is 0 Å². The van der Waals surface area contributed by atoms with Crippen LogP contribution in [-0.4, -0.2) is 13.1 Å². The fraction of sp³-hybridized carbons (Fsp3) is 0.882. The van der Waals surface area contributed by atoms with Gasteiger partial charge in [-0.05, 0) is 45.7 Å². The van der Waals surface area contributed by atoms with E-state index in [9.17, 15) is 0 Å². The summed E-state index contributed by atoms with van der Waals surface area (Å²) >= 11 is 0. The van der Waals surface area contributed by atoms with Crippen molar-refractivity contribution < 1.29 is 0 Å². The molecule has 0 aromatic rings. The van der Waals surface area contributed by atoms with Gasteiger partial charge in [-0.3, -0.25) is 0 Å². The maximum absolute atomic E-state index is 3.94. The zero-order chi connectivity index (χ0) is 13.5. The highest BCUT2D eigenvalue weighted by molar-refractivity contribution is 4.86. The van der Waals surface area contributed by atoms with Gasteiger partial charge in [0.1, 0.15) is 0 Å². The van der Waals surface area contributed by atoms with Crippen LogP contribution in [0.3, 0.4) is 0 Å². The Bertz CT molecular complexity index is 174. The second-order valence-electron chi connectivity index (χ2n) is 5.64. The summed E-state index contributed by atoms with van der Waals surface area (Å²) in [5, 5.41) is 3.56. The molecule has 0 aromatic heterocycles. The van der Waals surface area contributed by atoms with Gasteiger partial charge in [0.25, 0.3) is 0 Å². The van der Waals surface area contributed by atoms with Gasteiger partial charge in [-0.25, -0.2) is 0 Å². The Kier molecular flexibility index (Phi) is 14.5. The van der Waals surface area contributed by atoms with Crippen LogP contribution in [0.2, 0.25) is 0 Å². The van der Waals surface area contributed by atoms with E-state index in [-0.39, 0.29) is 0 Å². The van der Waals surface area contributed by atoms with E-state index >= 15 is 0 Å². The number of unbranched alkanes of at least 4 members (excludes halogenated alkanes) is 8. The zero-order valence-corrected chi connectivity index (χ0v) is 12.9. The molecule has 0 aliphatic rings. The molecule has 0 aromatic carbocycles. The summed E-state index contributed by atoms with van der Waals surface area (Å²) in [5.41, 5.74) is 1.33. The van der Waals surface area contributed by atoms with Gasteiger partial charge < -0.3 is 5.32 Å². The highest BCUT2D eigenvalue weighted by atomic mass is 14.8. The highest BCUT2D eigenvalue weighted by Crippen LogP contribution is 2.08. The van der Waals surface area contributed by atoms with Crippen LogP contribution >= 0.6 is 0 Å². The van der Waals surface area contributed by atoms with Crippen molar-refractivity contribution in [2.75, 3.05) is 13.1 Å². The second kappa shape index (κ2) is 14.8. The SMILES string of the molecule is C=C(C)CCCCCCCNCCCCCCC. The molecule has 0 aliphatic carbocycles. The largest absolute Gasteiger partial charge is 0.317 e. The van der Waals surface area contributed by atoms with Gasteiger partial charge in [-0.1, -0.05) is 57.4 Å². The molecule has 0 saturated heterocycles. The van der Waals surface area contributed by atoms with E-state index in [1.165, 1.54) is 89.3 Å². The van der Waals surface area contributed by atoms with E-state index in [1.807, 2.05) is 0 Å². The zero-order valence-electron chi connectivity index (χ0n) is 12.9. The first kappa shape index (κ1) is 17.7. The molecule has 1 nitrogen and oxygen atoms in total. The molecule has 0 heterocycles. The minimum absolute atomic E-state index is 1.22. The summed E-state index contributed by atoms with van der Waals surface area (Å²) in [7, 11) is 0. The van der Waals surface area contributed by atoms with Gasteiger partial charge in [0.15, 0.2) is 0 Å². The number of nitrogens with one attached hydrogen (secondary N) is 1. The van der Waals surface area contributed by atoms with E-state index in [4.69, 9.17) is 0 Å². The van der Waals surface area contributed by atoms with Crippen LogP contribution in [0.25, 0.3) is 0 Å². The third kappa shape index (κ3) is 15.7. The Labute approximate surface area is 115 Å². The molecule has 1 N–H and O–H groups in total. The monoisotopic (exact) mass is 253 g/mol. The Morgan fingerprint density at radius 2 is 1.28 bits per heavy atom. The quantitative estimate of drug-likeness (QED) is 0.320. The average Bonchev–Trinajstić information content (AvgIpc) is 2.34. The van der Waals surface area contributed by atoms with Crippen molar-refractivity contribution in [1.29, 1.82) is 0 Å². The van der Waals surface area contributed by atoms with Gasteiger partial charge in [0, 0.05) is 0 Å². The molecule has 0 fully saturated rings. The Balaban J connectivity index is 2.92. The topological polar surface area (TPSA) is 12.0 Å². The molecular weight excluding hydrogens is 218 g/mol. The van der Waals surface area contributed by atoms with Gasteiger partial charge in [0.05, 0.1) is 0 Å². The number of hydrogen-bond acceptors (Lipinski definition) is 1. The van der Waals surface area contributed by atoms with E-state index in [0.29, 0.717) is 0 Å². The van der Waals surface area contributed by atoms with E-state index in [0.717, 1.165) is 0 Å². The molecule has 18 heavy (non-hydrogen) atoms. The van der Waals surface area contributed by atoms with Crippen molar-refractivity contribution in [1.82, 2.24) is 5.32 Å². The first-order chi connectivity index (χ1) is 8.77. The predicted molar refractivity (Wildman–Crippen MR) is 84.1 cm³/mol. The molecule has 0 rings (SSSR count). The van der Waals surface area contributed by atoms with Crippen molar-refractivity contribution in [2.24, 2.45) is 0 Å². The van der Waals surface area contributed by atoms with Gasteiger partial charge in [-0.15, -0.1) is 6.58 Å². The van der Waals surface area contributed by atoms with Crippen LogP contribution in [0.5, 0.6) is 0 Å². The molecule has 1 heteroatoms. The van der Waals surface area contributed by atoms with E-state index in [2.05, 4.69) is 25.7 Å². The van der Waals surface area contributed by atoms with Crippen LogP contribution in [0.1, 0.15) is 84.5 Å². The fourth-order valence-electron chi connectivity index (χ4n) is 2.19. The van der Waals surface area contributed by atoms with Gasteiger partial charge in [0.2, 0.25) is 0 Å². The lowest BCUT2D eigenvalue weighted by Crippen LogP contribution is -2.16. The first-order valence-corrected chi connectivity index (χ1v) is 8.12. The van der Waals surface area contributed by atoms with Crippen molar-refractivity contribution in [3.63, 3.8) is 0 Å². The van der Waals surface area contributed by atoms with E-state index < -0.39 is 0 Å². The molecule has 0 unspecified atom stereocenters. The normalized spacial score (nSPS) is 10.8. The number of allylic oxidation sites excluding steroid dienone is 1. The lowest BCUT2D eigenvalue weighted by Gasteiger charge is -2.05. The van der Waals surface area contributed by atoms with Gasteiger partial charge >= 0.3 is 0 Å². The Hall–Kier alpha value is -0.300. The summed E-state index contributed by atoms with van der Waals surface area (Å²) in [6.45, 7) is 10.8. The summed E-state index contributed by atoms with van der Waals surface area (Å²) in [6.07, 6.45) is 15.0. The Morgan fingerprint density at radius 1 is 0.778 bits per heavy atom. The number of hydrogen-bond donors (Lipinski definition) is 1. The lowest BCUT2D eigenvalue weighted by molar-refractivity contribution is 0.548. The third-order valence-electron chi connectivity index (χ3n) is 3.41. The van der Waals surface area contributed by atoms with Crippen molar-refractivity contribution >= 4 is 0 Å². The second-order valence-corrected chi connectivity index (χ2v) is 5.64. The third-order valence-corrected chi connectivity index (χ3v) is 3.41. The van der Waals surface area contributed by atoms with Crippen molar-refractivity contribution in [3.05, 3.63) is 12.2 Å². The Morgan fingerprint density at radius 3 is 1.83 bits per heavy atom. The minimum atomic E-state index is 1.22. The molecule has 0 amide bonds. The molecule has 0 bridgehead atoms. The van der Waals surface area contributed by atoms with Crippen LogP contribution in [0, 0.1) is 0 Å². The minimum Gasteiger partial charge on any atom is -0.317 e. The standard InChI is InChI=1S/C17H35N/c1-4-5-6-9-12-15-18-16-13-10-7-8-11-14-17(2)3/h18H,2,4-16H2,1,3H3. The summed E-state index contributed by atoms with van der Waals surface area (Å²) < 4.78 is 0. The van der Waals surface area contributed by atoms with Crippen LogP contribution in [0.4, 0.5) is 0 Å². The first-order valence-electron chi connectivity index (χ1n) is 8.12. The summed E-state index contributed by atoms with van der Waals surface area (Å²) in [4.78, 5) is 0. The van der Waals surface area contributed by atoms with Crippen LogP contribution in [0.15, 0.2) is 12.2 Å². The van der Waals surface area contributed by atoms with Crippen molar-refractivity contribution in [3.8, 4) is 0 Å². The maximum Gasteiger partial charge on any atom is -0.00489 e. The molecule has 0 spiro atoms. The summed E-state index contributed by atoms with van der Waals surface area (Å²) in [5.74, 6) is 0. The van der Waals surface area contributed by atoms with Crippen LogP contribution < -0.4 is 5.32 Å². The average molecular weight is 253 g/mol. The lowest BCUT2D eigenvalue weighted by atomic mass is 10.1. The van der Waals surface area contributed by atoms with Crippen molar-refractivity contribution in [2.45, 2.75) is 84.5 Å². The molecular formula is C17H35N. The molecule has 0 radical (unpaired) electrons. The summed E-state index contributed by atoms with van der Waals surface area (Å²) in [6, 6.07) is 0. The van der Waals surface area contributed by atoms with Crippen LogP contribution in [-0.2, 0) is 0 Å². The van der Waals surface area contributed by atoms with E-state index in [1.54, 1.807) is 0 Å². The highest BCUT2D eigenvalue weighted by Gasteiger charge is 1.92. The maximum atomic E-state index is 3.94. The molecule has 108 valence electrons. The predicted octanol–water partition coefficient (Wildman–Crippen LogP) is 5.46. The number of rotatable bonds is 14. The smallest absolute Gasteiger partial charge is 0.00489 e. The molecule has 0 aliphatic heterocycles. The molecule has 0 atom stereocenters. The fourth-order valence-corrected chi connectivity index (χ4v) is 2.19.